The number of nitrogens with zero attached hydrogens (tertiary/aromatic N) is 4. The van der Waals surface area contributed by atoms with Crippen molar-refractivity contribution in [2.75, 3.05) is 27.1 Å². The molecule has 0 aliphatic rings. The second-order valence-corrected chi connectivity index (χ2v) is 7.98. The highest BCUT2D eigenvalue weighted by Crippen LogP contribution is 2.30. The lowest BCUT2D eigenvalue weighted by atomic mass is 10.2. The van der Waals surface area contributed by atoms with E-state index < -0.39 is 0 Å². The molecular weight excluding hydrogens is 458 g/mol. The Bertz CT molecular complexity index is 1380. The number of hydrogen-bond donors (Lipinski definition) is 1. The molecule has 11 heteroatoms. The topological polar surface area (TPSA) is 109 Å². The number of hydrogen-bond acceptors (Lipinski definition) is 8. The van der Waals surface area contributed by atoms with Gasteiger partial charge in [-0.2, -0.15) is 0 Å². The lowest BCUT2D eigenvalue weighted by Gasteiger charge is -2.13. The van der Waals surface area contributed by atoms with Crippen LogP contribution in [0.2, 0.25) is 0 Å². The molecule has 2 heterocycles. The van der Waals surface area contributed by atoms with Gasteiger partial charge < -0.3 is 19.5 Å². The molecule has 0 aliphatic heterocycles. The first-order valence-electron chi connectivity index (χ1n) is 10.3. The minimum Gasteiger partial charge on any atom is -0.495 e. The quantitative estimate of drug-likeness (QED) is 0.363. The van der Waals surface area contributed by atoms with Crippen molar-refractivity contribution in [3.8, 4) is 22.9 Å². The summed E-state index contributed by atoms with van der Waals surface area (Å²) in [5, 5.41) is 11.4. The van der Waals surface area contributed by atoms with E-state index >= 15 is 0 Å². The zero-order valence-electron chi connectivity index (χ0n) is 18.8. The third-order valence-corrected chi connectivity index (χ3v) is 6.02. The SMILES string of the molecule is COc1ccccc1-n1ccn2c(SCC(=O)NCc3cccc(OC)c3OC)nnc2c1=O. The van der Waals surface area contributed by atoms with Crippen molar-refractivity contribution in [2.45, 2.75) is 11.7 Å². The van der Waals surface area contributed by atoms with Gasteiger partial charge in [0.15, 0.2) is 16.7 Å². The fraction of sp³-hybridized carbons (Fsp3) is 0.217. The van der Waals surface area contributed by atoms with Crippen molar-refractivity contribution in [1.82, 2.24) is 24.5 Å². The first-order valence-corrected chi connectivity index (χ1v) is 11.2. The standard InChI is InChI=1S/C23H23N5O5S/c1-31-17-9-5-4-8-16(17)27-11-12-28-21(22(27)30)25-26-23(28)34-14-19(29)24-13-15-7-6-10-18(32-2)20(15)33-3/h4-12H,13-14H2,1-3H3,(H,24,29). The van der Waals surface area contributed by atoms with E-state index in [0.717, 1.165) is 5.56 Å². The summed E-state index contributed by atoms with van der Waals surface area (Å²) >= 11 is 1.18. The Morgan fingerprint density at radius 3 is 2.50 bits per heavy atom. The highest BCUT2D eigenvalue weighted by Gasteiger charge is 2.16. The molecule has 4 aromatic rings. The van der Waals surface area contributed by atoms with Crippen LogP contribution in [-0.4, -0.2) is 52.2 Å². The second kappa shape index (κ2) is 10.3. The van der Waals surface area contributed by atoms with Gasteiger partial charge in [0.05, 0.1) is 32.8 Å². The van der Waals surface area contributed by atoms with Crippen LogP contribution >= 0.6 is 11.8 Å². The third kappa shape index (κ3) is 4.55. The number of rotatable bonds is 9. The minimum absolute atomic E-state index is 0.0999. The Hall–Kier alpha value is -3.99. The van der Waals surface area contributed by atoms with Gasteiger partial charge in [0.25, 0.3) is 0 Å². The Balaban J connectivity index is 1.46. The number of benzene rings is 2. The summed E-state index contributed by atoms with van der Waals surface area (Å²) in [5.74, 6) is 1.63. The molecule has 1 amide bonds. The molecule has 0 aliphatic carbocycles. The third-order valence-electron chi connectivity index (χ3n) is 5.08. The van der Waals surface area contributed by atoms with Crippen LogP contribution in [0.3, 0.4) is 0 Å². The Morgan fingerprint density at radius 2 is 1.74 bits per heavy atom. The van der Waals surface area contributed by atoms with Gasteiger partial charge in [-0.1, -0.05) is 36.0 Å². The van der Waals surface area contributed by atoms with Crippen molar-refractivity contribution >= 4 is 23.3 Å². The van der Waals surface area contributed by atoms with E-state index in [4.69, 9.17) is 14.2 Å². The maximum atomic E-state index is 13.0. The van der Waals surface area contributed by atoms with Crippen LogP contribution < -0.4 is 25.1 Å². The Morgan fingerprint density at radius 1 is 0.971 bits per heavy atom. The maximum Gasteiger partial charge on any atom is 0.300 e. The van der Waals surface area contributed by atoms with Crippen LogP contribution in [0.5, 0.6) is 17.2 Å². The number of amides is 1. The largest absolute Gasteiger partial charge is 0.495 e. The van der Waals surface area contributed by atoms with E-state index in [9.17, 15) is 9.59 Å². The van der Waals surface area contributed by atoms with Crippen LogP contribution in [0.4, 0.5) is 0 Å². The van der Waals surface area contributed by atoms with E-state index in [2.05, 4.69) is 15.5 Å². The van der Waals surface area contributed by atoms with Crippen molar-refractivity contribution in [2.24, 2.45) is 0 Å². The number of para-hydroxylation sites is 3. The van der Waals surface area contributed by atoms with Crippen molar-refractivity contribution in [3.05, 3.63) is 70.8 Å². The number of carbonyl (C=O) groups excluding carboxylic acids is 1. The molecule has 2 aromatic heterocycles. The summed E-state index contributed by atoms with van der Waals surface area (Å²) in [6.07, 6.45) is 3.31. The van der Waals surface area contributed by atoms with Crippen molar-refractivity contribution in [3.63, 3.8) is 0 Å². The molecule has 0 fully saturated rings. The van der Waals surface area contributed by atoms with E-state index in [0.29, 0.717) is 28.1 Å². The van der Waals surface area contributed by atoms with Gasteiger partial charge in [-0.05, 0) is 18.2 Å². The zero-order valence-corrected chi connectivity index (χ0v) is 19.7. The molecule has 4 rings (SSSR count). The summed E-state index contributed by atoms with van der Waals surface area (Å²) in [6, 6.07) is 12.7. The molecular formula is C23H23N5O5S. The number of ether oxygens (including phenoxy) is 3. The van der Waals surface area contributed by atoms with E-state index in [1.165, 1.54) is 16.3 Å². The first kappa shape index (κ1) is 23.2. The molecule has 0 spiro atoms. The summed E-state index contributed by atoms with van der Waals surface area (Å²) < 4.78 is 19.0. The predicted octanol–water partition coefficient (Wildman–Crippen LogP) is 2.31. The van der Waals surface area contributed by atoms with E-state index in [1.807, 2.05) is 24.3 Å². The fourth-order valence-electron chi connectivity index (χ4n) is 3.45. The smallest absolute Gasteiger partial charge is 0.300 e. The predicted molar refractivity (Wildman–Crippen MR) is 127 cm³/mol. The highest BCUT2D eigenvalue weighted by molar-refractivity contribution is 7.99. The summed E-state index contributed by atoms with van der Waals surface area (Å²) in [7, 11) is 4.66. The molecule has 34 heavy (non-hydrogen) atoms. The Labute approximate surface area is 199 Å². The number of aromatic nitrogens is 4. The van der Waals surface area contributed by atoms with Crippen molar-refractivity contribution in [1.29, 1.82) is 0 Å². The molecule has 0 saturated heterocycles. The second-order valence-electron chi connectivity index (χ2n) is 7.04. The summed E-state index contributed by atoms with van der Waals surface area (Å²) in [6.45, 7) is 0.282. The number of carbonyl (C=O) groups is 1. The van der Waals surface area contributed by atoms with Gasteiger partial charge in [0.2, 0.25) is 11.6 Å². The molecule has 2 aromatic carbocycles. The molecule has 0 radical (unpaired) electrons. The van der Waals surface area contributed by atoms with E-state index in [1.54, 1.807) is 56.3 Å². The minimum atomic E-state index is -0.346. The molecule has 176 valence electrons. The number of nitrogens with one attached hydrogen (secondary N) is 1. The molecule has 10 nitrogen and oxygen atoms in total. The van der Waals surface area contributed by atoms with Gasteiger partial charge in [-0.25, -0.2) is 0 Å². The number of fused-ring (bicyclic) bond motifs is 1. The lowest BCUT2D eigenvalue weighted by molar-refractivity contribution is -0.118. The molecule has 0 saturated carbocycles. The van der Waals surface area contributed by atoms with Gasteiger partial charge in [0, 0.05) is 24.5 Å². The van der Waals surface area contributed by atoms with Gasteiger partial charge in [0.1, 0.15) is 5.75 Å². The monoisotopic (exact) mass is 481 g/mol. The van der Waals surface area contributed by atoms with E-state index in [-0.39, 0.29) is 29.4 Å². The van der Waals surface area contributed by atoms with Crippen molar-refractivity contribution < 1.29 is 19.0 Å². The van der Waals surface area contributed by atoms with Gasteiger partial charge in [-0.3, -0.25) is 18.6 Å². The number of methoxy groups -OCH3 is 3. The molecule has 1 N–H and O–H groups in total. The molecule has 0 bridgehead atoms. The summed E-state index contributed by atoms with van der Waals surface area (Å²) in [5.41, 5.74) is 1.20. The summed E-state index contributed by atoms with van der Waals surface area (Å²) in [4.78, 5) is 25.4. The first-order chi connectivity index (χ1) is 16.6. The van der Waals surface area contributed by atoms with Crippen LogP contribution in [0.15, 0.2) is 64.8 Å². The van der Waals surface area contributed by atoms with Gasteiger partial charge in [-0.15, -0.1) is 10.2 Å². The molecule has 0 unspecified atom stereocenters. The fourth-order valence-corrected chi connectivity index (χ4v) is 4.20. The number of thioether (sulfide) groups is 1. The Kier molecular flexibility index (Phi) is 7.02. The zero-order chi connectivity index (χ0) is 24.1. The van der Waals surface area contributed by atoms with Crippen LogP contribution in [0.25, 0.3) is 11.3 Å². The average molecular weight is 482 g/mol. The van der Waals surface area contributed by atoms with Crippen LogP contribution in [-0.2, 0) is 11.3 Å². The normalized spacial score (nSPS) is 10.8. The maximum absolute atomic E-state index is 13.0. The lowest BCUT2D eigenvalue weighted by Crippen LogP contribution is -2.25. The van der Waals surface area contributed by atoms with Gasteiger partial charge >= 0.3 is 5.56 Å². The molecule has 0 atom stereocenters. The average Bonchev–Trinajstić information content (AvgIpc) is 3.30. The van der Waals surface area contributed by atoms with Crippen LogP contribution in [0.1, 0.15) is 5.56 Å². The van der Waals surface area contributed by atoms with Crippen LogP contribution in [0, 0.1) is 0 Å². The highest BCUT2D eigenvalue weighted by atomic mass is 32.2.